The Balaban J connectivity index is 2.04. The van der Waals surface area contributed by atoms with Gasteiger partial charge in [0.1, 0.15) is 11.6 Å². The van der Waals surface area contributed by atoms with Gasteiger partial charge < -0.3 is 19.8 Å². The second-order valence-corrected chi connectivity index (χ2v) is 6.76. The van der Waals surface area contributed by atoms with Gasteiger partial charge in [0.2, 0.25) is 5.91 Å². The third-order valence-corrected chi connectivity index (χ3v) is 5.13. The molecule has 0 aliphatic carbocycles. The van der Waals surface area contributed by atoms with Gasteiger partial charge in [-0.1, -0.05) is 12.1 Å². The maximum Gasteiger partial charge on any atom is 0.340 e. The number of carbonyl (C=O) groups excluding carboxylic acids is 2. The van der Waals surface area contributed by atoms with Gasteiger partial charge in [-0.25, -0.2) is 9.18 Å². The molecule has 148 valence electrons. The standard InChI is InChI=1S/C22H19FN2O4/c1-11-17(22(27)29-3)19(20(24-11)13-6-4-5-7-16(13)28-2)18-14-10-12(23)8-9-15(14)25-21(18)26/h4-10,18,24H,1-3H3,(H,25,26). The average molecular weight is 394 g/mol. The van der Waals surface area contributed by atoms with E-state index in [0.717, 1.165) is 0 Å². The molecular formula is C22H19FN2O4. The molecule has 0 bridgehead atoms. The topological polar surface area (TPSA) is 80.4 Å². The van der Waals surface area contributed by atoms with Crippen LogP contribution in [-0.4, -0.2) is 31.1 Å². The molecule has 2 aromatic carbocycles. The molecule has 29 heavy (non-hydrogen) atoms. The van der Waals surface area contributed by atoms with Crippen LogP contribution in [0.25, 0.3) is 11.3 Å². The Morgan fingerprint density at radius 1 is 1.14 bits per heavy atom. The maximum absolute atomic E-state index is 14.0. The number of esters is 1. The molecule has 0 fully saturated rings. The lowest BCUT2D eigenvalue weighted by atomic mass is 9.87. The summed E-state index contributed by atoms with van der Waals surface area (Å²) in [6.07, 6.45) is 0. The molecule has 0 saturated heterocycles. The van der Waals surface area contributed by atoms with E-state index in [0.29, 0.717) is 39.5 Å². The number of anilines is 1. The zero-order valence-corrected chi connectivity index (χ0v) is 16.1. The highest BCUT2D eigenvalue weighted by Crippen LogP contribution is 2.45. The minimum absolute atomic E-state index is 0.255. The predicted octanol–water partition coefficient (Wildman–Crippen LogP) is 4.01. The Morgan fingerprint density at radius 3 is 2.62 bits per heavy atom. The van der Waals surface area contributed by atoms with Crippen molar-refractivity contribution in [1.82, 2.24) is 4.98 Å². The summed E-state index contributed by atoms with van der Waals surface area (Å²) in [6.45, 7) is 1.73. The van der Waals surface area contributed by atoms with Crippen molar-refractivity contribution < 1.29 is 23.5 Å². The number of nitrogens with one attached hydrogen (secondary N) is 2. The van der Waals surface area contributed by atoms with Gasteiger partial charge >= 0.3 is 5.97 Å². The zero-order valence-electron chi connectivity index (χ0n) is 16.1. The fourth-order valence-electron chi connectivity index (χ4n) is 3.88. The molecule has 0 spiro atoms. The lowest BCUT2D eigenvalue weighted by Gasteiger charge is -2.15. The van der Waals surface area contributed by atoms with Gasteiger partial charge in [-0.3, -0.25) is 4.79 Å². The molecule has 6 nitrogen and oxygen atoms in total. The number of carbonyl (C=O) groups is 2. The van der Waals surface area contributed by atoms with Crippen LogP contribution in [0.2, 0.25) is 0 Å². The first-order chi connectivity index (χ1) is 14.0. The van der Waals surface area contributed by atoms with Crippen LogP contribution in [0.4, 0.5) is 10.1 Å². The molecule has 7 heteroatoms. The monoisotopic (exact) mass is 394 g/mol. The third-order valence-electron chi connectivity index (χ3n) is 5.13. The summed E-state index contributed by atoms with van der Waals surface area (Å²) < 4.78 is 24.4. The van der Waals surface area contributed by atoms with Crippen LogP contribution in [0.1, 0.15) is 33.1 Å². The first kappa shape index (κ1) is 18.7. The second-order valence-electron chi connectivity index (χ2n) is 6.76. The Kier molecular flexibility index (Phi) is 4.58. The lowest BCUT2D eigenvalue weighted by Crippen LogP contribution is -2.17. The number of para-hydroxylation sites is 1. The Labute approximate surface area is 166 Å². The van der Waals surface area contributed by atoms with E-state index >= 15 is 0 Å². The number of H-pyrrole nitrogens is 1. The molecule has 1 amide bonds. The fraction of sp³-hybridized carbons (Fsp3) is 0.182. The number of halogens is 1. The van der Waals surface area contributed by atoms with Crippen LogP contribution >= 0.6 is 0 Å². The Bertz CT molecular complexity index is 1140. The van der Waals surface area contributed by atoms with E-state index in [4.69, 9.17) is 9.47 Å². The molecule has 0 radical (unpaired) electrons. The van der Waals surface area contributed by atoms with Gasteiger partial charge in [0.15, 0.2) is 0 Å². The smallest absolute Gasteiger partial charge is 0.340 e. The van der Waals surface area contributed by atoms with Crippen LogP contribution < -0.4 is 10.1 Å². The molecule has 2 N–H and O–H groups in total. The van der Waals surface area contributed by atoms with Crippen molar-refractivity contribution >= 4 is 17.6 Å². The minimum atomic E-state index is -0.875. The number of fused-ring (bicyclic) bond motifs is 1. The molecule has 0 saturated carbocycles. The molecule has 4 rings (SSSR count). The summed E-state index contributed by atoms with van der Waals surface area (Å²) in [5, 5.41) is 2.77. The molecule has 3 aromatic rings. The quantitative estimate of drug-likeness (QED) is 0.656. The first-order valence-corrected chi connectivity index (χ1v) is 9.00. The Hall–Kier alpha value is -3.61. The second kappa shape index (κ2) is 7.09. The van der Waals surface area contributed by atoms with E-state index in [1.807, 2.05) is 18.2 Å². The number of aromatic nitrogens is 1. The summed E-state index contributed by atoms with van der Waals surface area (Å²) in [4.78, 5) is 28.7. The van der Waals surface area contributed by atoms with Gasteiger partial charge in [0.05, 0.1) is 31.4 Å². The number of methoxy groups -OCH3 is 2. The van der Waals surface area contributed by atoms with Gasteiger partial charge in [0.25, 0.3) is 0 Å². The molecular weight excluding hydrogens is 375 g/mol. The van der Waals surface area contributed by atoms with Gasteiger partial charge in [-0.15, -0.1) is 0 Å². The number of amides is 1. The highest BCUT2D eigenvalue weighted by Gasteiger charge is 2.39. The molecule has 1 aromatic heterocycles. The number of hydrogen-bond donors (Lipinski definition) is 2. The SMILES string of the molecule is COC(=O)c1c(C)[nH]c(-c2ccccc2OC)c1C1C(=O)Nc2ccc(F)cc21. The molecule has 1 unspecified atom stereocenters. The summed E-state index contributed by atoms with van der Waals surface area (Å²) in [7, 11) is 2.83. The average Bonchev–Trinajstić information content (AvgIpc) is 3.22. The van der Waals surface area contributed by atoms with Gasteiger partial charge in [0, 0.05) is 22.5 Å². The zero-order chi connectivity index (χ0) is 20.7. The van der Waals surface area contributed by atoms with E-state index in [-0.39, 0.29) is 11.5 Å². The van der Waals surface area contributed by atoms with Crippen molar-refractivity contribution in [3.05, 3.63) is 70.7 Å². The number of benzene rings is 2. The summed E-state index contributed by atoms with van der Waals surface area (Å²) in [5.74, 6) is -1.68. The van der Waals surface area contributed by atoms with E-state index in [1.165, 1.54) is 25.3 Å². The molecule has 1 aliphatic heterocycles. The number of ether oxygens (including phenoxy) is 2. The third kappa shape index (κ3) is 2.95. The number of aryl methyl sites for hydroxylation is 1. The van der Waals surface area contributed by atoms with Crippen molar-refractivity contribution in [2.45, 2.75) is 12.8 Å². The molecule has 1 aliphatic rings. The predicted molar refractivity (Wildman–Crippen MR) is 106 cm³/mol. The van der Waals surface area contributed by atoms with Crippen LogP contribution in [-0.2, 0) is 9.53 Å². The Morgan fingerprint density at radius 2 is 1.90 bits per heavy atom. The van der Waals surface area contributed by atoms with Crippen molar-refractivity contribution in [2.24, 2.45) is 0 Å². The van der Waals surface area contributed by atoms with E-state index in [9.17, 15) is 14.0 Å². The normalized spacial score (nSPS) is 15.0. The molecule has 1 atom stereocenters. The summed E-state index contributed by atoms with van der Waals surface area (Å²) in [5.41, 5.74) is 3.45. The number of hydrogen-bond acceptors (Lipinski definition) is 4. The van der Waals surface area contributed by atoms with Crippen LogP contribution in [0.15, 0.2) is 42.5 Å². The van der Waals surface area contributed by atoms with Crippen molar-refractivity contribution in [1.29, 1.82) is 0 Å². The van der Waals surface area contributed by atoms with Crippen LogP contribution in [0.3, 0.4) is 0 Å². The van der Waals surface area contributed by atoms with E-state index in [2.05, 4.69) is 10.3 Å². The lowest BCUT2D eigenvalue weighted by molar-refractivity contribution is -0.116. The van der Waals surface area contributed by atoms with E-state index in [1.54, 1.807) is 20.1 Å². The minimum Gasteiger partial charge on any atom is -0.496 e. The highest BCUT2D eigenvalue weighted by molar-refractivity contribution is 6.08. The van der Waals surface area contributed by atoms with Crippen molar-refractivity contribution in [3.8, 4) is 17.0 Å². The number of aromatic amines is 1. The van der Waals surface area contributed by atoms with Crippen molar-refractivity contribution in [3.63, 3.8) is 0 Å². The maximum atomic E-state index is 14.0. The van der Waals surface area contributed by atoms with Crippen LogP contribution in [0, 0.1) is 12.7 Å². The van der Waals surface area contributed by atoms with Crippen molar-refractivity contribution in [2.75, 3.05) is 19.5 Å². The first-order valence-electron chi connectivity index (χ1n) is 9.00. The summed E-state index contributed by atoms with van der Waals surface area (Å²) >= 11 is 0. The van der Waals surface area contributed by atoms with E-state index < -0.39 is 17.7 Å². The number of rotatable bonds is 4. The van der Waals surface area contributed by atoms with Gasteiger partial charge in [-0.2, -0.15) is 0 Å². The largest absolute Gasteiger partial charge is 0.496 e. The van der Waals surface area contributed by atoms with Gasteiger partial charge in [-0.05, 0) is 42.8 Å². The fourth-order valence-corrected chi connectivity index (χ4v) is 3.88. The van der Waals surface area contributed by atoms with Crippen LogP contribution in [0.5, 0.6) is 5.75 Å². The highest BCUT2D eigenvalue weighted by atomic mass is 19.1. The molecule has 2 heterocycles. The summed E-state index contributed by atoms with van der Waals surface area (Å²) in [6, 6.07) is 11.4.